The van der Waals surface area contributed by atoms with E-state index in [9.17, 15) is 21.6 Å². The zero-order valence-corrected chi connectivity index (χ0v) is 17.3. The molecule has 3 rings (SSSR count). The van der Waals surface area contributed by atoms with Crippen molar-refractivity contribution in [3.05, 3.63) is 77.4 Å². The minimum Gasteiger partial charge on any atom is -0.207 e. The Balaban J connectivity index is 1.86. The minimum absolute atomic E-state index is 0.0494. The summed E-state index contributed by atoms with van der Waals surface area (Å²) in [6, 6.07) is 10.9. The summed E-state index contributed by atoms with van der Waals surface area (Å²) in [4.78, 5) is 0.198. The molecule has 7 heteroatoms. The predicted molar refractivity (Wildman–Crippen MR) is 110 cm³/mol. The smallest absolute Gasteiger partial charge is 0.207 e. The lowest BCUT2D eigenvalue weighted by molar-refractivity contribution is -0.137. The van der Waals surface area contributed by atoms with Crippen molar-refractivity contribution in [3.8, 4) is 11.8 Å². The number of aryl methyl sites for hydroxylation is 1. The highest BCUT2D eigenvalue weighted by atomic mass is 32.2. The molecule has 0 fully saturated rings. The maximum atomic E-state index is 13.2. The minimum atomic E-state index is -4.40. The van der Waals surface area contributed by atoms with Crippen LogP contribution in [0.15, 0.2) is 65.6 Å². The Morgan fingerprint density at radius 2 is 1.73 bits per heavy atom. The number of rotatable bonds is 4. The summed E-state index contributed by atoms with van der Waals surface area (Å²) < 4.78 is 65.9. The van der Waals surface area contributed by atoms with Gasteiger partial charge >= 0.3 is 6.18 Å². The van der Waals surface area contributed by atoms with E-state index in [-0.39, 0.29) is 17.5 Å². The van der Waals surface area contributed by atoms with Gasteiger partial charge in [-0.2, -0.15) is 17.5 Å². The van der Waals surface area contributed by atoms with Crippen LogP contribution in [0.1, 0.15) is 36.0 Å². The van der Waals surface area contributed by atoms with Crippen molar-refractivity contribution in [2.24, 2.45) is 0 Å². The first kappa shape index (κ1) is 22.1. The van der Waals surface area contributed by atoms with E-state index in [1.54, 1.807) is 24.3 Å². The first-order valence-electron chi connectivity index (χ1n) is 9.59. The molecule has 158 valence electrons. The van der Waals surface area contributed by atoms with Crippen LogP contribution in [0.25, 0.3) is 0 Å². The van der Waals surface area contributed by atoms with Gasteiger partial charge in [0.25, 0.3) is 0 Å². The lowest BCUT2D eigenvalue weighted by Gasteiger charge is -2.29. The van der Waals surface area contributed by atoms with Crippen molar-refractivity contribution >= 4 is 10.0 Å². The fourth-order valence-electron chi connectivity index (χ4n) is 3.22. The van der Waals surface area contributed by atoms with Crippen molar-refractivity contribution < 1.29 is 21.6 Å². The van der Waals surface area contributed by atoms with E-state index in [0.29, 0.717) is 12.0 Å². The zero-order valence-electron chi connectivity index (χ0n) is 16.5. The summed E-state index contributed by atoms with van der Waals surface area (Å²) in [5.41, 5.74) is 0.610. The number of benzene rings is 2. The summed E-state index contributed by atoms with van der Waals surface area (Å²) in [7, 11) is -3.77. The third-order valence-corrected chi connectivity index (χ3v) is 6.79. The molecule has 2 aromatic carbocycles. The van der Waals surface area contributed by atoms with Crippen LogP contribution in [0.4, 0.5) is 13.2 Å². The Morgan fingerprint density at radius 1 is 1.07 bits per heavy atom. The molecule has 1 atom stereocenters. The van der Waals surface area contributed by atoms with E-state index in [4.69, 9.17) is 0 Å². The number of alkyl halides is 3. The molecule has 30 heavy (non-hydrogen) atoms. The maximum absolute atomic E-state index is 13.2. The second-order valence-corrected chi connectivity index (χ2v) is 9.06. The molecule has 0 spiro atoms. The van der Waals surface area contributed by atoms with Gasteiger partial charge in [-0.1, -0.05) is 41.7 Å². The second-order valence-electron chi connectivity index (χ2n) is 7.17. The summed E-state index contributed by atoms with van der Waals surface area (Å²) in [5, 5.41) is 0. The number of hydrogen-bond donors (Lipinski definition) is 0. The Labute approximate surface area is 175 Å². The van der Waals surface area contributed by atoms with E-state index < -0.39 is 21.8 Å². The maximum Gasteiger partial charge on any atom is 0.416 e. The van der Waals surface area contributed by atoms with Crippen LogP contribution in [0.2, 0.25) is 0 Å². The van der Waals surface area contributed by atoms with Crippen LogP contribution in [0.3, 0.4) is 0 Å². The van der Waals surface area contributed by atoms with Gasteiger partial charge in [-0.25, -0.2) is 8.42 Å². The van der Waals surface area contributed by atoms with Crippen LogP contribution in [-0.4, -0.2) is 25.3 Å². The molecule has 0 aromatic heterocycles. The lowest BCUT2D eigenvalue weighted by atomic mass is 10.0. The predicted octanol–water partition coefficient (Wildman–Crippen LogP) is 5.16. The molecule has 2 aromatic rings. The fraction of sp³-hybridized carbons (Fsp3) is 0.304. The van der Waals surface area contributed by atoms with E-state index in [2.05, 4.69) is 11.8 Å². The number of sulfonamides is 1. The van der Waals surface area contributed by atoms with Crippen LogP contribution in [0.5, 0.6) is 0 Å². The summed E-state index contributed by atoms with van der Waals surface area (Å²) in [6.45, 7) is 1.83. The molecular weight excluding hydrogens is 411 g/mol. The van der Waals surface area contributed by atoms with Crippen molar-refractivity contribution in [1.82, 2.24) is 4.31 Å². The van der Waals surface area contributed by atoms with Crippen molar-refractivity contribution in [1.29, 1.82) is 0 Å². The fourth-order valence-corrected chi connectivity index (χ4v) is 4.74. The molecule has 1 aliphatic carbocycles. The molecule has 0 amide bonds. The molecule has 0 aliphatic heterocycles. The average Bonchev–Trinajstić information content (AvgIpc) is 2.72. The van der Waals surface area contributed by atoms with Gasteiger partial charge in [0.1, 0.15) is 0 Å². The Hall–Kier alpha value is -2.56. The summed E-state index contributed by atoms with van der Waals surface area (Å²) in [5.74, 6) is 5.60. The summed E-state index contributed by atoms with van der Waals surface area (Å²) in [6.07, 6.45) is 1.94. The number of hydrogen-bond acceptors (Lipinski definition) is 2. The van der Waals surface area contributed by atoms with Crippen molar-refractivity contribution in [2.45, 2.75) is 43.3 Å². The van der Waals surface area contributed by atoms with Gasteiger partial charge in [-0.05, 0) is 62.6 Å². The van der Waals surface area contributed by atoms with Crippen LogP contribution in [0, 0.1) is 18.8 Å². The van der Waals surface area contributed by atoms with Gasteiger partial charge in [0.15, 0.2) is 0 Å². The molecule has 0 saturated heterocycles. The van der Waals surface area contributed by atoms with E-state index in [1.165, 1.54) is 16.4 Å². The van der Waals surface area contributed by atoms with Crippen LogP contribution in [-0.2, 0) is 16.2 Å². The highest BCUT2D eigenvalue weighted by Gasteiger charge is 2.31. The van der Waals surface area contributed by atoms with Gasteiger partial charge in [0.05, 0.1) is 17.0 Å². The Morgan fingerprint density at radius 3 is 2.30 bits per heavy atom. The third kappa shape index (κ3) is 5.32. The highest BCUT2D eigenvalue weighted by molar-refractivity contribution is 7.89. The molecule has 1 unspecified atom stereocenters. The van der Waals surface area contributed by atoms with Crippen LogP contribution < -0.4 is 0 Å². The highest BCUT2D eigenvalue weighted by Crippen LogP contribution is 2.29. The van der Waals surface area contributed by atoms with E-state index in [0.717, 1.165) is 30.5 Å². The molecule has 0 saturated carbocycles. The van der Waals surface area contributed by atoms with Crippen molar-refractivity contribution in [2.75, 3.05) is 6.54 Å². The first-order chi connectivity index (χ1) is 14.2. The molecule has 3 nitrogen and oxygen atoms in total. The van der Waals surface area contributed by atoms with Gasteiger partial charge in [-0.3, -0.25) is 0 Å². The normalized spacial score (nSPS) is 16.9. The van der Waals surface area contributed by atoms with E-state index >= 15 is 0 Å². The average molecular weight is 433 g/mol. The number of nitrogens with zero attached hydrogens (tertiary/aromatic N) is 1. The van der Waals surface area contributed by atoms with Gasteiger partial charge in [-0.15, -0.1) is 0 Å². The number of halogens is 3. The molecular formula is C23H22F3NO2S. The first-order valence-corrected chi connectivity index (χ1v) is 11.0. The summed E-state index contributed by atoms with van der Waals surface area (Å²) >= 11 is 0. The monoisotopic (exact) mass is 433 g/mol. The Kier molecular flexibility index (Phi) is 6.69. The quantitative estimate of drug-likeness (QED) is 0.493. The third-order valence-electron chi connectivity index (χ3n) is 4.91. The molecule has 0 radical (unpaired) electrons. The second kappa shape index (κ2) is 9.07. The Bertz CT molecular complexity index is 1060. The zero-order chi connectivity index (χ0) is 21.8. The molecule has 0 N–H and O–H groups in total. The largest absolute Gasteiger partial charge is 0.416 e. The number of allylic oxidation sites excluding steroid dienone is 1. The topological polar surface area (TPSA) is 37.4 Å². The van der Waals surface area contributed by atoms with Crippen LogP contribution >= 0.6 is 0 Å². The molecule has 1 aliphatic rings. The van der Waals surface area contributed by atoms with Gasteiger partial charge in [0, 0.05) is 11.6 Å². The van der Waals surface area contributed by atoms with Gasteiger partial charge in [0.2, 0.25) is 10.0 Å². The standard InChI is InChI=1S/C23H22F3NO2S/c1-18-9-15-22(16-10-18)30(28,29)27(21-7-3-2-4-8-21)17-5-6-19-11-13-20(14-12-19)23(24,25)26/h3,7,9-16,21H,2,4,8,17H2,1H3. The molecule has 0 bridgehead atoms. The SMILES string of the molecule is Cc1ccc(S(=O)(=O)N(CC#Cc2ccc(C(F)(F)F)cc2)C2C=CCCC2)cc1. The molecule has 0 heterocycles. The van der Waals surface area contributed by atoms with Gasteiger partial charge < -0.3 is 0 Å². The van der Waals surface area contributed by atoms with E-state index in [1.807, 2.05) is 19.1 Å². The van der Waals surface area contributed by atoms with Crippen molar-refractivity contribution in [3.63, 3.8) is 0 Å². The lowest BCUT2D eigenvalue weighted by Crippen LogP contribution is -2.40.